The molecule has 2 bridgehead atoms. The van der Waals surface area contributed by atoms with E-state index < -0.39 is 0 Å². The predicted molar refractivity (Wildman–Crippen MR) is 78.4 cm³/mol. The number of nitrogens with zero attached hydrogens (tertiary/aromatic N) is 1. The van der Waals surface area contributed by atoms with Crippen molar-refractivity contribution >= 4 is 23.0 Å². The third kappa shape index (κ3) is 2.07. The zero-order valence-electron chi connectivity index (χ0n) is 10.7. The highest BCUT2D eigenvalue weighted by atomic mass is 32.1. The van der Waals surface area contributed by atoms with Gasteiger partial charge in [0.25, 0.3) is 0 Å². The van der Waals surface area contributed by atoms with Crippen LogP contribution in [0.3, 0.4) is 0 Å². The van der Waals surface area contributed by atoms with Crippen LogP contribution in [0.2, 0.25) is 0 Å². The average molecular weight is 263 g/mol. The van der Waals surface area contributed by atoms with Crippen molar-refractivity contribution in [3.63, 3.8) is 0 Å². The maximum absolute atomic E-state index is 5.16. The Labute approximate surface area is 114 Å². The Hall–Kier alpha value is -0.900. The second kappa shape index (κ2) is 5.00. The van der Waals surface area contributed by atoms with Crippen molar-refractivity contribution in [2.75, 3.05) is 6.54 Å². The minimum atomic E-state index is 0.605. The van der Waals surface area contributed by atoms with Gasteiger partial charge >= 0.3 is 0 Å². The SMILES string of the molecule is C=CCNC(=S)NN=C1C[C@H]2C[C@H]1[C@H]1CCC[C@H]21. The lowest BCUT2D eigenvalue weighted by molar-refractivity contribution is 0.333. The lowest BCUT2D eigenvalue weighted by Gasteiger charge is -2.25. The summed E-state index contributed by atoms with van der Waals surface area (Å²) in [6.45, 7) is 4.34. The summed E-state index contributed by atoms with van der Waals surface area (Å²) in [5.41, 5.74) is 4.35. The van der Waals surface area contributed by atoms with Gasteiger partial charge in [-0.3, -0.25) is 5.43 Å². The van der Waals surface area contributed by atoms with Crippen LogP contribution in [0, 0.1) is 23.7 Å². The molecule has 0 aromatic carbocycles. The standard InChI is InChI=1S/C14H21N3S/c1-2-6-15-14(18)17-16-13-8-9-7-12(13)11-5-3-4-10(9)11/h2,9-12H,1,3-8H2,(H2,15,17,18)/t9-,10-,11+,12+/m1/s1. The minimum absolute atomic E-state index is 0.605. The van der Waals surface area contributed by atoms with Crippen LogP contribution in [-0.2, 0) is 0 Å². The molecular formula is C14H21N3S. The second-order valence-corrected chi connectivity index (χ2v) is 6.19. The first-order valence-electron chi connectivity index (χ1n) is 7.00. The van der Waals surface area contributed by atoms with Crippen molar-refractivity contribution in [2.45, 2.75) is 32.1 Å². The van der Waals surface area contributed by atoms with Gasteiger partial charge in [0.05, 0.1) is 0 Å². The second-order valence-electron chi connectivity index (χ2n) is 5.78. The monoisotopic (exact) mass is 263 g/mol. The van der Waals surface area contributed by atoms with E-state index in [1.54, 1.807) is 6.08 Å². The van der Waals surface area contributed by atoms with Crippen molar-refractivity contribution in [3.05, 3.63) is 12.7 Å². The van der Waals surface area contributed by atoms with Crippen LogP contribution in [-0.4, -0.2) is 17.4 Å². The van der Waals surface area contributed by atoms with E-state index >= 15 is 0 Å². The van der Waals surface area contributed by atoms with E-state index in [2.05, 4.69) is 22.4 Å². The molecule has 0 aromatic heterocycles. The summed E-state index contributed by atoms with van der Waals surface area (Å²) >= 11 is 5.16. The van der Waals surface area contributed by atoms with E-state index in [1.165, 1.54) is 37.8 Å². The molecule has 4 atom stereocenters. The summed E-state index contributed by atoms with van der Waals surface area (Å²) in [5.74, 6) is 3.61. The molecule has 0 aliphatic heterocycles. The number of hydrazone groups is 1. The number of rotatable bonds is 3. The molecule has 3 nitrogen and oxygen atoms in total. The third-order valence-electron chi connectivity index (χ3n) is 4.91. The molecule has 0 radical (unpaired) electrons. The number of nitrogens with one attached hydrogen (secondary N) is 2. The number of fused-ring (bicyclic) bond motifs is 5. The zero-order valence-corrected chi connectivity index (χ0v) is 11.5. The summed E-state index contributed by atoms with van der Waals surface area (Å²) in [7, 11) is 0. The van der Waals surface area contributed by atoms with E-state index in [0.29, 0.717) is 11.7 Å². The van der Waals surface area contributed by atoms with E-state index in [-0.39, 0.29) is 0 Å². The van der Waals surface area contributed by atoms with Crippen LogP contribution in [0.4, 0.5) is 0 Å². The van der Waals surface area contributed by atoms with E-state index in [1.807, 2.05) is 0 Å². The normalized spacial score (nSPS) is 38.8. The zero-order chi connectivity index (χ0) is 12.5. The largest absolute Gasteiger partial charge is 0.358 e. The van der Waals surface area contributed by atoms with Gasteiger partial charge in [-0.05, 0) is 55.7 Å². The van der Waals surface area contributed by atoms with Crippen LogP contribution < -0.4 is 10.7 Å². The highest BCUT2D eigenvalue weighted by Gasteiger charge is 2.52. The van der Waals surface area contributed by atoms with Gasteiger partial charge in [-0.15, -0.1) is 6.58 Å². The molecule has 0 amide bonds. The van der Waals surface area contributed by atoms with Crippen molar-refractivity contribution in [1.82, 2.24) is 10.7 Å². The van der Waals surface area contributed by atoms with Gasteiger partial charge < -0.3 is 5.32 Å². The van der Waals surface area contributed by atoms with E-state index in [4.69, 9.17) is 12.2 Å². The van der Waals surface area contributed by atoms with Gasteiger partial charge in [0.15, 0.2) is 5.11 Å². The summed E-state index contributed by atoms with van der Waals surface area (Å²) < 4.78 is 0. The Balaban J connectivity index is 1.58. The quantitative estimate of drug-likeness (QED) is 0.466. The number of hydrogen-bond donors (Lipinski definition) is 2. The molecule has 3 rings (SSSR count). The highest BCUT2D eigenvalue weighted by molar-refractivity contribution is 7.80. The first-order valence-corrected chi connectivity index (χ1v) is 7.41. The van der Waals surface area contributed by atoms with Crippen LogP contribution in [0.1, 0.15) is 32.1 Å². The summed E-state index contributed by atoms with van der Waals surface area (Å²) in [5, 5.41) is 8.19. The fraction of sp³-hybridized carbons (Fsp3) is 0.714. The molecule has 3 saturated carbocycles. The topological polar surface area (TPSA) is 36.4 Å². The Morgan fingerprint density at radius 3 is 3.11 bits per heavy atom. The Bertz CT molecular complexity index is 391. The number of thiocarbonyl (C=S) groups is 1. The van der Waals surface area contributed by atoms with Crippen LogP contribution in [0.5, 0.6) is 0 Å². The van der Waals surface area contributed by atoms with Gasteiger partial charge in [0, 0.05) is 18.2 Å². The van der Waals surface area contributed by atoms with Crippen molar-refractivity contribution in [1.29, 1.82) is 0 Å². The fourth-order valence-electron chi connectivity index (χ4n) is 4.27. The minimum Gasteiger partial charge on any atom is -0.358 e. The average Bonchev–Trinajstić information content (AvgIpc) is 3.04. The Morgan fingerprint density at radius 2 is 2.28 bits per heavy atom. The van der Waals surface area contributed by atoms with E-state index in [9.17, 15) is 0 Å². The first-order chi connectivity index (χ1) is 8.79. The molecule has 18 heavy (non-hydrogen) atoms. The van der Waals surface area contributed by atoms with Crippen molar-refractivity contribution in [2.24, 2.45) is 28.8 Å². The molecule has 0 heterocycles. The summed E-state index contributed by atoms with van der Waals surface area (Å²) in [6.07, 6.45) is 8.69. The lowest BCUT2D eigenvalue weighted by Crippen LogP contribution is -2.34. The van der Waals surface area contributed by atoms with Crippen molar-refractivity contribution < 1.29 is 0 Å². The van der Waals surface area contributed by atoms with Gasteiger partial charge in [-0.25, -0.2) is 0 Å². The predicted octanol–water partition coefficient (Wildman–Crippen LogP) is 2.45. The number of hydrogen-bond acceptors (Lipinski definition) is 2. The molecule has 3 aliphatic carbocycles. The molecule has 2 N–H and O–H groups in total. The molecule has 0 spiro atoms. The molecule has 3 fully saturated rings. The molecule has 98 valence electrons. The smallest absolute Gasteiger partial charge is 0.187 e. The maximum Gasteiger partial charge on any atom is 0.187 e. The Kier molecular flexibility index (Phi) is 3.37. The molecule has 0 aromatic rings. The van der Waals surface area contributed by atoms with Crippen LogP contribution >= 0.6 is 12.2 Å². The van der Waals surface area contributed by atoms with Gasteiger partial charge in [0.2, 0.25) is 0 Å². The lowest BCUT2D eigenvalue weighted by atomic mass is 9.81. The van der Waals surface area contributed by atoms with Crippen LogP contribution in [0.25, 0.3) is 0 Å². The fourth-order valence-corrected chi connectivity index (χ4v) is 4.40. The molecule has 3 aliphatic rings. The summed E-state index contributed by atoms with van der Waals surface area (Å²) in [4.78, 5) is 0. The molecule has 4 heteroatoms. The van der Waals surface area contributed by atoms with Gasteiger partial charge in [-0.1, -0.05) is 12.5 Å². The maximum atomic E-state index is 5.16. The highest BCUT2D eigenvalue weighted by Crippen LogP contribution is 2.57. The van der Waals surface area contributed by atoms with Crippen molar-refractivity contribution in [3.8, 4) is 0 Å². The molecule has 0 unspecified atom stereocenters. The van der Waals surface area contributed by atoms with Gasteiger partial charge in [-0.2, -0.15) is 5.10 Å². The van der Waals surface area contributed by atoms with Crippen LogP contribution in [0.15, 0.2) is 17.8 Å². The summed E-state index contributed by atoms with van der Waals surface area (Å²) in [6, 6.07) is 0. The van der Waals surface area contributed by atoms with E-state index in [0.717, 1.165) is 23.7 Å². The molecular weight excluding hydrogens is 242 g/mol. The Morgan fingerprint density at radius 1 is 1.44 bits per heavy atom. The third-order valence-corrected chi connectivity index (χ3v) is 5.15. The first kappa shape index (κ1) is 12.2. The molecule has 0 saturated heterocycles. The van der Waals surface area contributed by atoms with Gasteiger partial charge in [0.1, 0.15) is 0 Å².